The highest BCUT2D eigenvalue weighted by Gasteiger charge is 2.12. The van der Waals surface area contributed by atoms with Crippen LogP contribution in [0.2, 0.25) is 5.02 Å². The van der Waals surface area contributed by atoms with E-state index < -0.39 is 0 Å². The van der Waals surface area contributed by atoms with Gasteiger partial charge in [0.1, 0.15) is 0 Å². The van der Waals surface area contributed by atoms with Gasteiger partial charge < -0.3 is 4.90 Å². The van der Waals surface area contributed by atoms with E-state index in [0.29, 0.717) is 0 Å². The minimum Gasteiger partial charge on any atom is -0.341 e. The van der Waals surface area contributed by atoms with E-state index in [-0.39, 0.29) is 0 Å². The predicted octanol–water partition coefficient (Wildman–Crippen LogP) is 5.62. The maximum Gasteiger partial charge on any atom is 0.0438 e. The van der Waals surface area contributed by atoms with Crippen molar-refractivity contribution in [3.05, 3.63) is 89.1 Å². The highest BCUT2D eigenvalue weighted by molar-refractivity contribution is 6.31. The Labute approximate surface area is 137 Å². The van der Waals surface area contributed by atoms with Gasteiger partial charge in [-0.3, -0.25) is 0 Å². The average Bonchev–Trinajstić information content (AvgIpc) is 2.59. The summed E-state index contributed by atoms with van der Waals surface area (Å²) in [6.45, 7) is 0.921. The summed E-state index contributed by atoms with van der Waals surface area (Å²) in [6, 6.07) is 18.7. The second-order valence-corrected chi connectivity index (χ2v) is 5.84. The molecule has 0 aromatic heterocycles. The van der Waals surface area contributed by atoms with Gasteiger partial charge in [0.2, 0.25) is 0 Å². The number of rotatable bonds is 5. The zero-order chi connectivity index (χ0) is 15.2. The maximum atomic E-state index is 6.29. The first-order chi connectivity index (χ1) is 10.8. The lowest BCUT2D eigenvalue weighted by atomic mass is 10.1. The van der Waals surface area contributed by atoms with Crippen LogP contribution in [0.1, 0.15) is 18.4 Å². The summed E-state index contributed by atoms with van der Waals surface area (Å²) in [5.41, 5.74) is 3.71. The minimum atomic E-state index is 0.851. The Morgan fingerprint density at radius 2 is 1.68 bits per heavy atom. The molecule has 22 heavy (non-hydrogen) atoms. The van der Waals surface area contributed by atoms with E-state index in [0.717, 1.165) is 30.8 Å². The zero-order valence-corrected chi connectivity index (χ0v) is 13.3. The SMILES string of the molecule is Clc1ccccc1CCN(C1=CCCC=C1)c1ccccc1. The smallest absolute Gasteiger partial charge is 0.0438 e. The Bertz CT molecular complexity index is 673. The van der Waals surface area contributed by atoms with E-state index in [1.165, 1.54) is 16.9 Å². The molecule has 1 aliphatic rings. The molecule has 0 bridgehead atoms. The molecule has 2 aromatic carbocycles. The van der Waals surface area contributed by atoms with Gasteiger partial charge in [-0.05, 0) is 49.1 Å². The number of hydrogen-bond acceptors (Lipinski definition) is 1. The van der Waals surface area contributed by atoms with Gasteiger partial charge in [0, 0.05) is 23.0 Å². The van der Waals surface area contributed by atoms with Crippen molar-refractivity contribution in [3.8, 4) is 0 Å². The van der Waals surface area contributed by atoms with Crippen LogP contribution in [0.5, 0.6) is 0 Å². The molecule has 3 rings (SSSR count). The first kappa shape index (κ1) is 14.9. The molecule has 0 saturated heterocycles. The number of hydrogen-bond donors (Lipinski definition) is 0. The highest BCUT2D eigenvalue weighted by atomic mass is 35.5. The summed E-state index contributed by atoms with van der Waals surface area (Å²) >= 11 is 6.29. The standard InChI is InChI=1S/C20H20ClN/c21-20-14-8-7-9-17(20)15-16-22(18-10-3-1-4-11-18)19-12-5-2-6-13-19/h1,3-5,7-14H,2,6,15-16H2. The summed E-state index contributed by atoms with van der Waals surface area (Å²) in [5.74, 6) is 0. The molecule has 1 nitrogen and oxygen atoms in total. The Hall–Kier alpha value is -1.99. The fourth-order valence-corrected chi connectivity index (χ4v) is 2.98. The second kappa shape index (κ2) is 7.33. The van der Waals surface area contributed by atoms with Crippen LogP contribution in [0.4, 0.5) is 5.69 Å². The molecule has 0 amide bonds. The molecule has 0 aliphatic heterocycles. The molecule has 112 valence electrons. The second-order valence-electron chi connectivity index (χ2n) is 5.44. The van der Waals surface area contributed by atoms with Gasteiger partial charge in [-0.25, -0.2) is 0 Å². The summed E-state index contributed by atoms with van der Waals surface area (Å²) in [5, 5.41) is 0.851. The van der Waals surface area contributed by atoms with Crippen molar-refractivity contribution in [1.29, 1.82) is 0 Å². The quantitative estimate of drug-likeness (QED) is 0.692. The average molecular weight is 310 g/mol. The number of allylic oxidation sites excluding steroid dienone is 3. The molecule has 1 aliphatic carbocycles. The van der Waals surface area contributed by atoms with E-state index in [4.69, 9.17) is 11.6 Å². The van der Waals surface area contributed by atoms with Gasteiger partial charge in [-0.1, -0.05) is 60.2 Å². The Kier molecular flexibility index (Phi) is 4.97. The van der Waals surface area contributed by atoms with Crippen LogP contribution in [0.15, 0.2) is 78.5 Å². The Morgan fingerprint density at radius 3 is 2.41 bits per heavy atom. The molecule has 0 fully saturated rings. The van der Waals surface area contributed by atoms with Crippen LogP contribution >= 0.6 is 11.6 Å². The Balaban J connectivity index is 1.82. The fraction of sp³-hybridized carbons (Fsp3) is 0.200. The van der Waals surface area contributed by atoms with Crippen LogP contribution < -0.4 is 4.90 Å². The maximum absolute atomic E-state index is 6.29. The first-order valence-electron chi connectivity index (χ1n) is 7.77. The normalized spacial score (nSPS) is 13.8. The highest BCUT2D eigenvalue weighted by Crippen LogP contribution is 2.24. The molecule has 0 saturated carbocycles. The third-order valence-corrected chi connectivity index (χ3v) is 4.29. The number of anilines is 1. The van der Waals surface area contributed by atoms with Crippen LogP contribution in [0.3, 0.4) is 0 Å². The molecule has 0 unspecified atom stereocenters. The number of halogens is 1. The zero-order valence-electron chi connectivity index (χ0n) is 12.6. The van der Waals surface area contributed by atoms with Gasteiger partial charge in [0.15, 0.2) is 0 Å². The lowest BCUT2D eigenvalue weighted by molar-refractivity contribution is 0.866. The summed E-state index contributed by atoms with van der Waals surface area (Å²) in [6.07, 6.45) is 9.97. The summed E-state index contributed by atoms with van der Waals surface area (Å²) < 4.78 is 0. The van der Waals surface area contributed by atoms with Crippen molar-refractivity contribution in [1.82, 2.24) is 0 Å². The fourth-order valence-electron chi connectivity index (χ4n) is 2.75. The largest absolute Gasteiger partial charge is 0.341 e. The van der Waals surface area contributed by atoms with E-state index in [2.05, 4.69) is 59.5 Å². The lowest BCUT2D eigenvalue weighted by Crippen LogP contribution is -2.25. The van der Waals surface area contributed by atoms with E-state index in [9.17, 15) is 0 Å². The van der Waals surface area contributed by atoms with Gasteiger partial charge in [0.05, 0.1) is 0 Å². The number of para-hydroxylation sites is 1. The molecule has 0 radical (unpaired) electrons. The van der Waals surface area contributed by atoms with Gasteiger partial charge in [-0.2, -0.15) is 0 Å². The monoisotopic (exact) mass is 309 g/mol. The van der Waals surface area contributed by atoms with Gasteiger partial charge in [-0.15, -0.1) is 0 Å². The number of nitrogens with zero attached hydrogens (tertiary/aromatic N) is 1. The molecule has 0 spiro atoms. The van der Waals surface area contributed by atoms with Gasteiger partial charge >= 0.3 is 0 Å². The van der Waals surface area contributed by atoms with E-state index in [1.54, 1.807) is 0 Å². The van der Waals surface area contributed by atoms with Crippen LogP contribution in [-0.2, 0) is 6.42 Å². The van der Waals surface area contributed by atoms with Crippen molar-refractivity contribution in [2.45, 2.75) is 19.3 Å². The van der Waals surface area contributed by atoms with Gasteiger partial charge in [0.25, 0.3) is 0 Å². The van der Waals surface area contributed by atoms with Crippen LogP contribution in [0.25, 0.3) is 0 Å². The van der Waals surface area contributed by atoms with Crippen molar-refractivity contribution >= 4 is 17.3 Å². The van der Waals surface area contributed by atoms with Crippen molar-refractivity contribution in [3.63, 3.8) is 0 Å². The molecule has 0 N–H and O–H groups in total. The number of benzene rings is 2. The summed E-state index contributed by atoms with van der Waals surface area (Å²) in [7, 11) is 0. The first-order valence-corrected chi connectivity index (χ1v) is 8.15. The van der Waals surface area contributed by atoms with Crippen LogP contribution in [0, 0.1) is 0 Å². The van der Waals surface area contributed by atoms with Crippen molar-refractivity contribution in [2.24, 2.45) is 0 Å². The van der Waals surface area contributed by atoms with E-state index >= 15 is 0 Å². The van der Waals surface area contributed by atoms with Crippen LogP contribution in [-0.4, -0.2) is 6.54 Å². The lowest BCUT2D eigenvalue weighted by Gasteiger charge is -2.27. The van der Waals surface area contributed by atoms with E-state index in [1.807, 2.05) is 18.2 Å². The third kappa shape index (κ3) is 3.61. The molecular weight excluding hydrogens is 290 g/mol. The van der Waals surface area contributed by atoms with Crippen molar-refractivity contribution in [2.75, 3.05) is 11.4 Å². The van der Waals surface area contributed by atoms with Crippen molar-refractivity contribution < 1.29 is 0 Å². The Morgan fingerprint density at radius 1 is 0.909 bits per heavy atom. The predicted molar refractivity (Wildman–Crippen MR) is 95.4 cm³/mol. The molecular formula is C20H20ClN. The molecule has 0 heterocycles. The third-order valence-electron chi connectivity index (χ3n) is 3.92. The molecule has 0 atom stereocenters. The minimum absolute atomic E-state index is 0.851. The topological polar surface area (TPSA) is 3.24 Å². The molecule has 2 aromatic rings. The molecule has 2 heteroatoms. The summed E-state index contributed by atoms with van der Waals surface area (Å²) in [4.78, 5) is 2.37.